The largest absolute Gasteiger partial charge is 0.352 e. The Kier molecular flexibility index (Phi) is 5.63. The van der Waals surface area contributed by atoms with E-state index in [1.54, 1.807) is 30.3 Å². The fraction of sp³-hybridized carbons (Fsp3) is 0.188. The number of hydrogen-bond acceptors (Lipinski definition) is 3. The number of sulfonamides is 1. The second kappa shape index (κ2) is 7.48. The molecule has 0 heterocycles. The second-order valence-electron chi connectivity index (χ2n) is 4.87. The van der Waals surface area contributed by atoms with Crippen LogP contribution in [0.5, 0.6) is 0 Å². The molecular formula is C16H17ClN2O3S. The standard InChI is InChI=1S/C16H17ClN2O3S/c1-2-10-18-16(20)12-6-5-7-13(11-12)23(21,22)19-15-9-4-3-8-14(15)17/h3-9,11,19H,2,10H2,1H3,(H,18,20). The van der Waals surface area contributed by atoms with E-state index in [0.717, 1.165) is 6.42 Å². The van der Waals surface area contributed by atoms with Crippen molar-refractivity contribution < 1.29 is 13.2 Å². The first-order valence-corrected chi connectivity index (χ1v) is 8.96. The van der Waals surface area contributed by atoms with E-state index in [9.17, 15) is 13.2 Å². The summed E-state index contributed by atoms with van der Waals surface area (Å²) >= 11 is 5.97. The van der Waals surface area contributed by atoms with Gasteiger partial charge in [-0.3, -0.25) is 9.52 Å². The third-order valence-corrected chi connectivity index (χ3v) is 4.75. The van der Waals surface area contributed by atoms with E-state index in [0.29, 0.717) is 17.1 Å². The minimum absolute atomic E-state index is 0.00145. The summed E-state index contributed by atoms with van der Waals surface area (Å²) in [4.78, 5) is 11.9. The maximum atomic E-state index is 12.4. The van der Waals surface area contributed by atoms with Gasteiger partial charge in [-0.25, -0.2) is 8.42 Å². The van der Waals surface area contributed by atoms with E-state index in [2.05, 4.69) is 10.0 Å². The molecule has 2 aromatic carbocycles. The molecule has 0 aliphatic heterocycles. The van der Waals surface area contributed by atoms with E-state index < -0.39 is 10.0 Å². The molecule has 0 saturated heterocycles. The number of amides is 1. The number of nitrogens with one attached hydrogen (secondary N) is 2. The maximum absolute atomic E-state index is 12.4. The Morgan fingerprint density at radius 1 is 1.13 bits per heavy atom. The number of carbonyl (C=O) groups excluding carboxylic acids is 1. The van der Waals surface area contributed by atoms with Gasteiger partial charge >= 0.3 is 0 Å². The van der Waals surface area contributed by atoms with Crippen molar-refractivity contribution in [1.82, 2.24) is 5.32 Å². The summed E-state index contributed by atoms with van der Waals surface area (Å²) in [5.74, 6) is -0.304. The van der Waals surface area contributed by atoms with Gasteiger partial charge < -0.3 is 5.32 Å². The van der Waals surface area contributed by atoms with Gasteiger partial charge in [0.05, 0.1) is 15.6 Å². The van der Waals surface area contributed by atoms with E-state index >= 15 is 0 Å². The van der Waals surface area contributed by atoms with Gasteiger partial charge in [-0.15, -0.1) is 0 Å². The number of hydrogen-bond donors (Lipinski definition) is 2. The summed E-state index contributed by atoms with van der Waals surface area (Å²) in [6, 6.07) is 12.4. The highest BCUT2D eigenvalue weighted by molar-refractivity contribution is 7.92. The molecule has 2 rings (SSSR count). The molecule has 2 aromatic rings. The van der Waals surface area contributed by atoms with Crippen molar-refractivity contribution in [3.8, 4) is 0 Å². The zero-order valence-corrected chi connectivity index (χ0v) is 14.1. The normalized spacial score (nSPS) is 11.0. The van der Waals surface area contributed by atoms with Gasteiger partial charge in [0.25, 0.3) is 15.9 Å². The van der Waals surface area contributed by atoms with E-state index in [1.165, 1.54) is 18.2 Å². The minimum atomic E-state index is -3.83. The van der Waals surface area contributed by atoms with Crippen LogP contribution in [0, 0.1) is 0 Å². The first kappa shape index (κ1) is 17.3. The third-order valence-electron chi connectivity index (χ3n) is 3.06. The molecule has 0 aliphatic rings. The lowest BCUT2D eigenvalue weighted by atomic mass is 10.2. The lowest BCUT2D eigenvalue weighted by Gasteiger charge is -2.10. The van der Waals surface area contributed by atoms with Crippen LogP contribution in [0.25, 0.3) is 0 Å². The Hall–Kier alpha value is -2.05. The molecule has 122 valence electrons. The van der Waals surface area contributed by atoms with Crippen LogP contribution in [0.2, 0.25) is 5.02 Å². The van der Waals surface area contributed by atoms with Gasteiger partial charge in [0.15, 0.2) is 0 Å². The van der Waals surface area contributed by atoms with Crippen LogP contribution in [0.1, 0.15) is 23.7 Å². The molecule has 5 nitrogen and oxygen atoms in total. The molecule has 23 heavy (non-hydrogen) atoms. The van der Waals surface area contributed by atoms with E-state index in [-0.39, 0.29) is 16.5 Å². The van der Waals surface area contributed by atoms with Crippen molar-refractivity contribution >= 4 is 33.2 Å². The topological polar surface area (TPSA) is 75.3 Å². The van der Waals surface area contributed by atoms with E-state index in [4.69, 9.17) is 11.6 Å². The van der Waals surface area contributed by atoms with Gasteiger partial charge in [0, 0.05) is 12.1 Å². The van der Waals surface area contributed by atoms with Crippen LogP contribution < -0.4 is 10.0 Å². The predicted octanol–water partition coefficient (Wildman–Crippen LogP) is 3.28. The van der Waals surface area contributed by atoms with Crippen molar-refractivity contribution in [2.24, 2.45) is 0 Å². The lowest BCUT2D eigenvalue weighted by Crippen LogP contribution is -2.24. The molecule has 2 N–H and O–H groups in total. The summed E-state index contributed by atoms with van der Waals surface area (Å²) in [6.07, 6.45) is 0.803. The van der Waals surface area contributed by atoms with Crippen molar-refractivity contribution in [2.75, 3.05) is 11.3 Å². The van der Waals surface area contributed by atoms with Crippen molar-refractivity contribution in [3.05, 3.63) is 59.1 Å². The highest BCUT2D eigenvalue weighted by atomic mass is 35.5. The molecule has 1 amide bonds. The average Bonchev–Trinajstić information content (AvgIpc) is 2.54. The zero-order valence-electron chi connectivity index (χ0n) is 12.5. The van der Waals surface area contributed by atoms with Gasteiger partial charge in [-0.05, 0) is 36.8 Å². The van der Waals surface area contributed by atoms with Crippen LogP contribution in [0.15, 0.2) is 53.4 Å². The molecule has 0 atom stereocenters. The molecule has 7 heteroatoms. The first-order chi connectivity index (χ1) is 10.9. The molecular weight excluding hydrogens is 336 g/mol. The van der Waals surface area contributed by atoms with Crippen molar-refractivity contribution in [2.45, 2.75) is 18.2 Å². The Bertz CT molecular complexity index is 806. The zero-order chi connectivity index (χ0) is 16.9. The SMILES string of the molecule is CCCNC(=O)c1cccc(S(=O)(=O)Nc2ccccc2Cl)c1. The summed E-state index contributed by atoms with van der Waals surface area (Å²) in [5, 5.41) is 3.01. The van der Waals surface area contributed by atoms with E-state index in [1.807, 2.05) is 6.92 Å². The monoisotopic (exact) mass is 352 g/mol. The van der Waals surface area contributed by atoms with Gasteiger partial charge in [-0.2, -0.15) is 0 Å². The molecule has 0 unspecified atom stereocenters. The summed E-state index contributed by atoms with van der Waals surface area (Å²) in [6.45, 7) is 2.47. The molecule has 0 radical (unpaired) electrons. The number of anilines is 1. The lowest BCUT2D eigenvalue weighted by molar-refractivity contribution is 0.0953. The predicted molar refractivity (Wildman–Crippen MR) is 91.3 cm³/mol. The van der Waals surface area contributed by atoms with Gasteiger partial charge in [-0.1, -0.05) is 36.7 Å². The smallest absolute Gasteiger partial charge is 0.261 e. The average molecular weight is 353 g/mol. The van der Waals surface area contributed by atoms with Crippen LogP contribution in [0.4, 0.5) is 5.69 Å². The fourth-order valence-electron chi connectivity index (χ4n) is 1.89. The van der Waals surface area contributed by atoms with Crippen LogP contribution in [-0.4, -0.2) is 20.9 Å². The minimum Gasteiger partial charge on any atom is -0.352 e. The highest BCUT2D eigenvalue weighted by Crippen LogP contribution is 2.24. The molecule has 0 aliphatic carbocycles. The Balaban J connectivity index is 2.27. The van der Waals surface area contributed by atoms with Crippen LogP contribution in [0.3, 0.4) is 0 Å². The summed E-state index contributed by atoms with van der Waals surface area (Å²) in [7, 11) is -3.83. The summed E-state index contributed by atoms with van der Waals surface area (Å²) in [5.41, 5.74) is 0.579. The fourth-order valence-corrected chi connectivity index (χ4v) is 3.26. The number of benzene rings is 2. The molecule has 0 saturated carbocycles. The van der Waals surface area contributed by atoms with Gasteiger partial charge in [0.2, 0.25) is 0 Å². The van der Waals surface area contributed by atoms with Crippen molar-refractivity contribution in [1.29, 1.82) is 0 Å². The first-order valence-electron chi connectivity index (χ1n) is 7.09. The highest BCUT2D eigenvalue weighted by Gasteiger charge is 2.17. The van der Waals surface area contributed by atoms with Crippen LogP contribution >= 0.6 is 11.6 Å². The third kappa shape index (κ3) is 4.46. The van der Waals surface area contributed by atoms with Crippen molar-refractivity contribution in [3.63, 3.8) is 0 Å². The number of para-hydroxylation sites is 1. The molecule has 0 aromatic heterocycles. The summed E-state index contributed by atoms with van der Waals surface area (Å²) < 4.78 is 27.3. The molecule has 0 bridgehead atoms. The number of halogens is 1. The molecule has 0 spiro atoms. The quantitative estimate of drug-likeness (QED) is 0.837. The second-order valence-corrected chi connectivity index (χ2v) is 6.96. The molecule has 0 fully saturated rings. The number of rotatable bonds is 6. The Labute approximate surface area is 140 Å². The maximum Gasteiger partial charge on any atom is 0.261 e. The van der Waals surface area contributed by atoms with Crippen LogP contribution in [-0.2, 0) is 10.0 Å². The number of carbonyl (C=O) groups is 1. The Morgan fingerprint density at radius 2 is 1.87 bits per heavy atom. The van der Waals surface area contributed by atoms with Gasteiger partial charge in [0.1, 0.15) is 0 Å². The Morgan fingerprint density at radius 3 is 2.57 bits per heavy atom.